The highest BCUT2D eigenvalue weighted by Crippen LogP contribution is 2.33. The number of carboxylic acid groups (broad SMARTS) is 1. The van der Waals surface area contributed by atoms with Gasteiger partial charge in [-0.2, -0.15) is 0 Å². The summed E-state index contributed by atoms with van der Waals surface area (Å²) in [6.45, 7) is -0.307. The predicted octanol–water partition coefficient (Wildman–Crippen LogP) is 0.479. The molecule has 2 aromatic rings. The van der Waals surface area contributed by atoms with Crippen molar-refractivity contribution in [1.29, 1.82) is 0 Å². The van der Waals surface area contributed by atoms with Gasteiger partial charge in [0.05, 0.1) is 12.2 Å². The molecule has 2 aromatic carbocycles. The third kappa shape index (κ3) is 4.32. The Morgan fingerprint density at radius 3 is 2.36 bits per heavy atom. The Kier molecular flexibility index (Phi) is 6.28. The Morgan fingerprint density at radius 2 is 1.71 bits per heavy atom. The lowest BCUT2D eigenvalue weighted by Crippen LogP contribution is -2.55. The lowest BCUT2D eigenvalue weighted by Gasteiger charge is -2.40. The zero-order chi connectivity index (χ0) is 20.3. The van der Waals surface area contributed by atoms with Gasteiger partial charge in [-0.25, -0.2) is 4.79 Å². The lowest BCUT2D eigenvalue weighted by molar-refractivity contribution is -0.231. The number of ether oxygens (including phenoxy) is 2. The molecular formula is C20H22O8. The van der Waals surface area contributed by atoms with E-state index in [9.17, 15) is 25.2 Å². The van der Waals surface area contributed by atoms with Gasteiger partial charge in [0.1, 0.15) is 42.9 Å². The summed E-state index contributed by atoms with van der Waals surface area (Å²) in [5.74, 6) is -0.486. The summed E-state index contributed by atoms with van der Waals surface area (Å²) >= 11 is 0. The molecule has 1 aliphatic heterocycles. The van der Waals surface area contributed by atoms with Gasteiger partial charge in [0.15, 0.2) is 0 Å². The minimum atomic E-state index is -1.44. The number of rotatable bonds is 6. The topological polar surface area (TPSA) is 137 Å². The van der Waals surface area contributed by atoms with Crippen LogP contribution in [0.5, 0.6) is 5.75 Å². The van der Waals surface area contributed by atoms with Crippen LogP contribution in [-0.4, -0.2) is 62.5 Å². The number of carbonyl (C=O) groups is 1. The first kappa shape index (κ1) is 20.2. The second kappa shape index (κ2) is 8.68. The normalized spacial score (nSPS) is 27.4. The molecule has 5 unspecified atom stereocenters. The van der Waals surface area contributed by atoms with E-state index in [0.29, 0.717) is 16.9 Å². The molecule has 1 aliphatic rings. The Bertz CT molecular complexity index is 804. The van der Waals surface area contributed by atoms with E-state index in [1.54, 1.807) is 36.4 Å². The van der Waals surface area contributed by atoms with Gasteiger partial charge in [-0.1, -0.05) is 24.3 Å². The van der Waals surface area contributed by atoms with Crippen molar-refractivity contribution < 1.29 is 39.8 Å². The van der Waals surface area contributed by atoms with Gasteiger partial charge in [0, 0.05) is 0 Å². The molecule has 0 bridgehead atoms. The van der Waals surface area contributed by atoms with E-state index in [0.717, 1.165) is 0 Å². The Hall–Kier alpha value is -2.49. The van der Waals surface area contributed by atoms with E-state index in [-0.39, 0.29) is 12.2 Å². The van der Waals surface area contributed by atoms with Crippen LogP contribution in [0.4, 0.5) is 0 Å². The zero-order valence-corrected chi connectivity index (χ0v) is 14.9. The third-order valence-electron chi connectivity index (χ3n) is 4.68. The van der Waals surface area contributed by atoms with Crippen molar-refractivity contribution in [3.05, 3.63) is 65.2 Å². The van der Waals surface area contributed by atoms with Gasteiger partial charge in [-0.15, -0.1) is 0 Å². The maximum atomic E-state index is 11.0. The van der Waals surface area contributed by atoms with E-state index < -0.39 is 43.1 Å². The molecule has 0 spiro atoms. The van der Waals surface area contributed by atoms with Crippen LogP contribution in [0.2, 0.25) is 0 Å². The highest BCUT2D eigenvalue weighted by Gasteiger charge is 2.43. The van der Waals surface area contributed by atoms with Crippen molar-refractivity contribution in [3.8, 4) is 5.75 Å². The number of hydrogen-bond acceptors (Lipinski definition) is 7. The second-order valence-electron chi connectivity index (χ2n) is 6.61. The first-order valence-corrected chi connectivity index (χ1v) is 8.76. The smallest absolute Gasteiger partial charge is 0.335 e. The average molecular weight is 390 g/mol. The summed E-state index contributed by atoms with van der Waals surface area (Å²) in [4.78, 5) is 11.0. The van der Waals surface area contributed by atoms with Crippen molar-refractivity contribution in [2.75, 3.05) is 6.61 Å². The van der Waals surface area contributed by atoms with E-state index >= 15 is 0 Å². The van der Waals surface area contributed by atoms with E-state index in [4.69, 9.17) is 14.6 Å². The van der Waals surface area contributed by atoms with Gasteiger partial charge < -0.3 is 35.0 Å². The fourth-order valence-electron chi connectivity index (χ4n) is 3.09. The van der Waals surface area contributed by atoms with Crippen LogP contribution in [-0.2, 0) is 11.3 Å². The quantitative estimate of drug-likeness (QED) is 0.480. The molecule has 1 fully saturated rings. The summed E-state index contributed by atoms with van der Waals surface area (Å²) in [6.07, 6.45) is -6.06. The minimum absolute atomic E-state index is 0.180. The van der Waals surface area contributed by atoms with Gasteiger partial charge in [0.25, 0.3) is 0 Å². The molecule has 0 radical (unpaired) electrons. The van der Waals surface area contributed by atoms with E-state index in [1.807, 2.05) is 0 Å². The first-order chi connectivity index (χ1) is 13.4. The van der Waals surface area contributed by atoms with Crippen LogP contribution >= 0.6 is 0 Å². The van der Waals surface area contributed by atoms with Crippen LogP contribution in [0.15, 0.2) is 48.5 Å². The van der Waals surface area contributed by atoms with E-state index in [2.05, 4.69) is 0 Å². The molecule has 3 rings (SSSR count). The number of aliphatic hydroxyl groups is 4. The molecule has 8 nitrogen and oxygen atoms in total. The number of aromatic carboxylic acids is 1. The van der Waals surface area contributed by atoms with Crippen LogP contribution < -0.4 is 4.74 Å². The molecule has 0 aromatic heterocycles. The summed E-state index contributed by atoms with van der Waals surface area (Å²) in [5.41, 5.74) is 1.44. The third-order valence-corrected chi connectivity index (χ3v) is 4.68. The zero-order valence-electron chi connectivity index (χ0n) is 14.9. The number of carboxylic acids is 1. The summed E-state index contributed by atoms with van der Waals surface area (Å²) in [5, 5.41) is 48.2. The van der Waals surface area contributed by atoms with Crippen LogP contribution in [0, 0.1) is 0 Å². The number of benzene rings is 2. The lowest BCUT2D eigenvalue weighted by atomic mass is 9.91. The predicted molar refractivity (Wildman–Crippen MR) is 96.9 cm³/mol. The molecule has 0 amide bonds. The maximum absolute atomic E-state index is 11.0. The monoisotopic (exact) mass is 390 g/mol. The minimum Gasteiger partial charge on any atom is -0.489 e. The van der Waals surface area contributed by atoms with Crippen molar-refractivity contribution in [2.24, 2.45) is 0 Å². The van der Waals surface area contributed by atoms with E-state index in [1.165, 1.54) is 12.1 Å². The molecule has 0 saturated carbocycles. The molecule has 0 aliphatic carbocycles. The molecule has 28 heavy (non-hydrogen) atoms. The average Bonchev–Trinajstić information content (AvgIpc) is 2.71. The van der Waals surface area contributed by atoms with Crippen molar-refractivity contribution in [2.45, 2.75) is 37.1 Å². The second-order valence-corrected chi connectivity index (χ2v) is 6.61. The molecular weight excluding hydrogens is 368 g/mol. The van der Waals surface area contributed by atoms with Gasteiger partial charge in [0.2, 0.25) is 0 Å². The largest absolute Gasteiger partial charge is 0.489 e. The number of aliphatic hydroxyl groups excluding tert-OH is 4. The SMILES string of the molecule is O=C(O)c1cccc(COc2ccc(C3OC(CO)C(O)C(O)C3O)cc2)c1. The molecule has 150 valence electrons. The van der Waals surface area contributed by atoms with Crippen molar-refractivity contribution in [1.82, 2.24) is 0 Å². The Labute approximate surface area is 161 Å². The van der Waals surface area contributed by atoms with Crippen LogP contribution in [0.3, 0.4) is 0 Å². The van der Waals surface area contributed by atoms with Crippen molar-refractivity contribution >= 4 is 5.97 Å². The van der Waals surface area contributed by atoms with Gasteiger partial charge in [-0.3, -0.25) is 0 Å². The molecule has 1 saturated heterocycles. The summed E-state index contributed by atoms with van der Waals surface area (Å²) in [6, 6.07) is 13.0. The summed E-state index contributed by atoms with van der Waals surface area (Å²) in [7, 11) is 0. The van der Waals surface area contributed by atoms with Crippen molar-refractivity contribution in [3.63, 3.8) is 0 Å². The fraction of sp³-hybridized carbons (Fsp3) is 0.350. The van der Waals surface area contributed by atoms with Crippen LogP contribution in [0.25, 0.3) is 0 Å². The Balaban J connectivity index is 1.66. The molecule has 5 atom stereocenters. The maximum Gasteiger partial charge on any atom is 0.335 e. The molecule has 5 N–H and O–H groups in total. The molecule has 8 heteroatoms. The highest BCUT2D eigenvalue weighted by molar-refractivity contribution is 5.87. The van der Waals surface area contributed by atoms with Gasteiger partial charge >= 0.3 is 5.97 Å². The van der Waals surface area contributed by atoms with Gasteiger partial charge in [-0.05, 0) is 35.4 Å². The van der Waals surface area contributed by atoms with Crippen LogP contribution in [0.1, 0.15) is 27.6 Å². The Morgan fingerprint density at radius 1 is 1.00 bits per heavy atom. The first-order valence-electron chi connectivity index (χ1n) is 8.76. The molecule has 1 heterocycles. The fourth-order valence-corrected chi connectivity index (χ4v) is 3.09. The number of hydrogen-bond donors (Lipinski definition) is 5. The standard InChI is InChI=1S/C20H22O8/c21-9-15-16(22)17(23)18(24)19(28-15)12-4-6-14(7-5-12)27-10-11-2-1-3-13(8-11)20(25)26/h1-8,15-19,21-24H,9-10H2,(H,25,26). The highest BCUT2D eigenvalue weighted by atomic mass is 16.5. The summed E-state index contributed by atoms with van der Waals surface area (Å²) < 4.78 is 11.2.